The summed E-state index contributed by atoms with van der Waals surface area (Å²) >= 11 is 0. The Kier molecular flexibility index (Phi) is 7.37. The molecule has 0 fully saturated rings. The molecular formula is C25H28N2O6. The standard InChI is InChI=1S/C25H28N2O6/c1-25(2,3)33-22(28)15-27-14-18(19-11-7-8-12-21(19)27)13-20(23(29)30)26-24(31)32-16-17-9-5-4-6-10-17/h4-12,14,20H,13,15-16H2,1-3H3,(H,26,31)(H,29,30)/t20-/m0/s1. The van der Waals surface area contributed by atoms with Crippen LogP contribution in [0.2, 0.25) is 0 Å². The van der Waals surface area contributed by atoms with Gasteiger partial charge in [-0.25, -0.2) is 9.59 Å². The average Bonchev–Trinajstić information content (AvgIpc) is 3.08. The maximum atomic E-state index is 12.3. The summed E-state index contributed by atoms with van der Waals surface area (Å²) in [5.74, 6) is -1.58. The SMILES string of the molecule is CC(C)(C)OC(=O)Cn1cc(C[C@H](NC(=O)OCc2ccccc2)C(=O)O)c2ccccc21. The molecule has 0 aliphatic carbocycles. The lowest BCUT2D eigenvalue weighted by atomic mass is 10.1. The molecule has 33 heavy (non-hydrogen) atoms. The summed E-state index contributed by atoms with van der Waals surface area (Å²) in [6.45, 7) is 5.41. The summed E-state index contributed by atoms with van der Waals surface area (Å²) in [7, 11) is 0. The molecular weight excluding hydrogens is 424 g/mol. The molecule has 0 spiro atoms. The largest absolute Gasteiger partial charge is 0.480 e. The number of fused-ring (bicyclic) bond motifs is 1. The highest BCUT2D eigenvalue weighted by atomic mass is 16.6. The molecule has 0 aliphatic rings. The average molecular weight is 453 g/mol. The molecule has 3 rings (SSSR count). The number of aliphatic carboxylic acids is 1. The van der Waals surface area contributed by atoms with Gasteiger partial charge in [0.15, 0.2) is 0 Å². The highest BCUT2D eigenvalue weighted by Crippen LogP contribution is 2.23. The Hall–Kier alpha value is -3.81. The Morgan fingerprint density at radius 3 is 2.36 bits per heavy atom. The summed E-state index contributed by atoms with van der Waals surface area (Å²) in [5.41, 5.74) is 1.64. The minimum atomic E-state index is -1.20. The van der Waals surface area contributed by atoms with Crippen molar-refractivity contribution in [1.29, 1.82) is 0 Å². The first kappa shape index (κ1) is 23.8. The summed E-state index contributed by atoms with van der Waals surface area (Å²) < 4.78 is 12.3. The molecule has 174 valence electrons. The van der Waals surface area contributed by atoms with E-state index in [-0.39, 0.29) is 19.6 Å². The number of carbonyl (C=O) groups is 3. The highest BCUT2D eigenvalue weighted by molar-refractivity contribution is 5.87. The van der Waals surface area contributed by atoms with Crippen LogP contribution in [0.4, 0.5) is 4.79 Å². The van der Waals surface area contributed by atoms with Gasteiger partial charge in [-0.3, -0.25) is 4.79 Å². The zero-order valence-electron chi connectivity index (χ0n) is 18.9. The molecule has 2 aromatic carbocycles. The third kappa shape index (κ3) is 6.83. The Morgan fingerprint density at radius 1 is 1.03 bits per heavy atom. The summed E-state index contributed by atoms with van der Waals surface area (Å²) in [5, 5.41) is 12.9. The molecule has 0 saturated heterocycles. The van der Waals surface area contributed by atoms with Crippen molar-refractivity contribution in [2.45, 2.75) is 52.0 Å². The first-order valence-corrected chi connectivity index (χ1v) is 10.6. The van der Waals surface area contributed by atoms with Crippen LogP contribution in [-0.4, -0.2) is 39.3 Å². The Bertz CT molecular complexity index is 1130. The van der Waals surface area contributed by atoms with Gasteiger partial charge < -0.3 is 24.5 Å². The number of carboxylic acids is 1. The van der Waals surface area contributed by atoms with Gasteiger partial charge in [0.25, 0.3) is 0 Å². The number of para-hydroxylation sites is 1. The lowest BCUT2D eigenvalue weighted by Crippen LogP contribution is -2.42. The van der Waals surface area contributed by atoms with E-state index in [1.54, 1.807) is 31.5 Å². The number of hydrogen-bond acceptors (Lipinski definition) is 5. The zero-order chi connectivity index (χ0) is 24.0. The van der Waals surface area contributed by atoms with Crippen molar-refractivity contribution in [2.75, 3.05) is 0 Å². The van der Waals surface area contributed by atoms with E-state index in [1.165, 1.54) is 0 Å². The van der Waals surface area contributed by atoms with Gasteiger partial charge >= 0.3 is 18.0 Å². The molecule has 2 N–H and O–H groups in total. The summed E-state index contributed by atoms with van der Waals surface area (Å²) in [6.07, 6.45) is 0.933. The zero-order valence-corrected chi connectivity index (χ0v) is 18.9. The lowest BCUT2D eigenvalue weighted by Gasteiger charge is -2.19. The predicted molar refractivity (Wildman–Crippen MR) is 123 cm³/mol. The van der Waals surface area contributed by atoms with Gasteiger partial charge in [0.05, 0.1) is 0 Å². The van der Waals surface area contributed by atoms with Crippen LogP contribution in [0.5, 0.6) is 0 Å². The van der Waals surface area contributed by atoms with Crippen LogP contribution >= 0.6 is 0 Å². The molecule has 1 amide bonds. The normalized spacial score (nSPS) is 12.2. The van der Waals surface area contributed by atoms with Gasteiger partial charge in [-0.05, 0) is 38.0 Å². The first-order chi connectivity index (χ1) is 15.6. The van der Waals surface area contributed by atoms with Gasteiger partial charge in [0.1, 0.15) is 24.8 Å². The van der Waals surface area contributed by atoms with Crippen molar-refractivity contribution in [2.24, 2.45) is 0 Å². The molecule has 0 unspecified atom stereocenters. The van der Waals surface area contributed by atoms with E-state index in [2.05, 4.69) is 5.32 Å². The quantitative estimate of drug-likeness (QED) is 0.502. The number of nitrogens with one attached hydrogen (secondary N) is 1. The van der Waals surface area contributed by atoms with Gasteiger partial charge in [-0.15, -0.1) is 0 Å². The maximum absolute atomic E-state index is 12.3. The van der Waals surface area contributed by atoms with Crippen LogP contribution in [0.3, 0.4) is 0 Å². The molecule has 3 aromatic rings. The molecule has 0 aliphatic heterocycles. The van der Waals surface area contributed by atoms with Crippen LogP contribution in [0, 0.1) is 0 Å². The molecule has 0 saturated carbocycles. The fraction of sp³-hybridized carbons (Fsp3) is 0.320. The van der Waals surface area contributed by atoms with Crippen LogP contribution < -0.4 is 5.32 Å². The van der Waals surface area contributed by atoms with Crippen molar-refractivity contribution < 1.29 is 29.0 Å². The highest BCUT2D eigenvalue weighted by Gasteiger charge is 2.24. The van der Waals surface area contributed by atoms with Crippen molar-refractivity contribution in [3.8, 4) is 0 Å². The molecule has 0 bridgehead atoms. The number of carboxylic acid groups (broad SMARTS) is 1. The smallest absolute Gasteiger partial charge is 0.408 e. The number of esters is 1. The van der Waals surface area contributed by atoms with E-state index in [0.29, 0.717) is 5.56 Å². The van der Waals surface area contributed by atoms with E-state index in [9.17, 15) is 19.5 Å². The van der Waals surface area contributed by atoms with Gasteiger partial charge in [-0.1, -0.05) is 48.5 Å². The number of hydrogen-bond donors (Lipinski definition) is 2. The number of nitrogens with zero attached hydrogens (tertiary/aromatic N) is 1. The number of alkyl carbamates (subject to hydrolysis) is 1. The molecule has 1 aromatic heterocycles. The van der Waals surface area contributed by atoms with Crippen molar-refractivity contribution in [1.82, 2.24) is 9.88 Å². The topological polar surface area (TPSA) is 107 Å². The summed E-state index contributed by atoms with van der Waals surface area (Å²) in [4.78, 5) is 36.4. The number of ether oxygens (including phenoxy) is 2. The maximum Gasteiger partial charge on any atom is 0.408 e. The second-order valence-corrected chi connectivity index (χ2v) is 8.69. The molecule has 1 atom stereocenters. The van der Waals surface area contributed by atoms with Crippen molar-refractivity contribution in [3.63, 3.8) is 0 Å². The van der Waals surface area contributed by atoms with Gasteiger partial charge in [-0.2, -0.15) is 0 Å². The van der Waals surface area contributed by atoms with Crippen LogP contribution in [0.15, 0.2) is 60.8 Å². The van der Waals surface area contributed by atoms with E-state index in [0.717, 1.165) is 16.5 Å². The summed E-state index contributed by atoms with van der Waals surface area (Å²) in [6, 6.07) is 15.3. The number of amides is 1. The van der Waals surface area contributed by atoms with Gasteiger partial charge in [0, 0.05) is 23.5 Å². The third-order valence-corrected chi connectivity index (χ3v) is 4.82. The molecule has 1 heterocycles. The van der Waals surface area contributed by atoms with E-state index in [4.69, 9.17) is 9.47 Å². The molecule has 8 nitrogen and oxygen atoms in total. The molecule has 8 heteroatoms. The minimum Gasteiger partial charge on any atom is -0.480 e. The van der Waals surface area contributed by atoms with Crippen LogP contribution in [-0.2, 0) is 38.6 Å². The Labute approximate surface area is 192 Å². The molecule has 0 radical (unpaired) electrons. The van der Waals surface area contributed by atoms with Crippen molar-refractivity contribution >= 4 is 28.9 Å². The third-order valence-electron chi connectivity index (χ3n) is 4.82. The second-order valence-electron chi connectivity index (χ2n) is 8.69. The first-order valence-electron chi connectivity index (χ1n) is 10.6. The van der Waals surface area contributed by atoms with Crippen LogP contribution in [0.1, 0.15) is 31.9 Å². The minimum absolute atomic E-state index is 0.0118. The number of aromatic nitrogens is 1. The number of carbonyl (C=O) groups excluding carboxylic acids is 2. The van der Waals surface area contributed by atoms with Crippen LogP contribution in [0.25, 0.3) is 10.9 Å². The predicted octanol–water partition coefficient (Wildman–Crippen LogP) is 3.91. The van der Waals surface area contributed by atoms with E-state index in [1.807, 2.05) is 54.6 Å². The number of rotatable bonds is 8. The van der Waals surface area contributed by atoms with E-state index < -0.39 is 29.7 Å². The Balaban J connectivity index is 1.73. The fourth-order valence-corrected chi connectivity index (χ4v) is 3.46. The van der Waals surface area contributed by atoms with E-state index >= 15 is 0 Å². The fourth-order valence-electron chi connectivity index (χ4n) is 3.46. The second kappa shape index (κ2) is 10.2. The lowest BCUT2D eigenvalue weighted by molar-refractivity contribution is -0.155. The number of benzene rings is 2. The monoisotopic (exact) mass is 452 g/mol. The Morgan fingerprint density at radius 2 is 1.70 bits per heavy atom. The van der Waals surface area contributed by atoms with Gasteiger partial charge in [0.2, 0.25) is 0 Å². The van der Waals surface area contributed by atoms with Crippen molar-refractivity contribution in [3.05, 3.63) is 71.9 Å².